The van der Waals surface area contributed by atoms with Crippen LogP contribution in [0.5, 0.6) is 0 Å². The molecule has 0 radical (unpaired) electrons. The molecule has 0 bridgehead atoms. The minimum Gasteiger partial charge on any atom is -0.478 e. The highest BCUT2D eigenvalue weighted by Crippen LogP contribution is 2.34. The quantitative estimate of drug-likeness (QED) is 0.897. The summed E-state index contributed by atoms with van der Waals surface area (Å²) in [6, 6.07) is 2.81. The van der Waals surface area contributed by atoms with E-state index in [4.69, 9.17) is 27.9 Å². The number of carbonyl (C=O) groups excluding carboxylic acids is 1. The molecule has 0 aromatic heterocycles. The lowest BCUT2D eigenvalue weighted by atomic mass is 10.0. The Balaban J connectivity index is 2.36. The summed E-state index contributed by atoms with van der Waals surface area (Å²) >= 11 is 11.8. The molecule has 20 heavy (non-hydrogen) atoms. The summed E-state index contributed by atoms with van der Waals surface area (Å²) < 4.78 is 5.41. The van der Waals surface area contributed by atoms with Crippen molar-refractivity contribution in [2.45, 2.75) is 25.4 Å². The lowest BCUT2D eigenvalue weighted by Gasteiger charge is -2.23. The number of hydrogen-bond donors (Lipinski definition) is 2. The third-order valence-corrected chi connectivity index (χ3v) is 3.89. The van der Waals surface area contributed by atoms with E-state index >= 15 is 0 Å². The molecule has 5 nitrogen and oxygen atoms in total. The van der Waals surface area contributed by atoms with Crippen LogP contribution in [0.2, 0.25) is 10.0 Å². The summed E-state index contributed by atoms with van der Waals surface area (Å²) in [4.78, 5) is 23.5. The lowest BCUT2D eigenvalue weighted by molar-refractivity contribution is -0.133. The highest BCUT2D eigenvalue weighted by atomic mass is 35.5. The van der Waals surface area contributed by atoms with Gasteiger partial charge in [-0.15, -0.1) is 0 Å². The molecule has 2 N–H and O–H groups in total. The standard InChI is InChI=1S/C13H13Cl2NO4/c1-13(5-2-6-20-13)12(19)16-10-8(15)4-3-7(14)9(10)11(17)18/h3-4H,2,5-6H2,1H3,(H,16,19)(H,17,18). The fraction of sp³-hybridized carbons (Fsp3) is 0.385. The summed E-state index contributed by atoms with van der Waals surface area (Å²) in [5.41, 5.74) is -1.20. The van der Waals surface area contributed by atoms with Crippen LogP contribution in [-0.2, 0) is 9.53 Å². The van der Waals surface area contributed by atoms with E-state index < -0.39 is 17.5 Å². The third-order valence-electron chi connectivity index (χ3n) is 3.26. The van der Waals surface area contributed by atoms with Crippen molar-refractivity contribution in [3.05, 3.63) is 27.7 Å². The average molecular weight is 318 g/mol. The topological polar surface area (TPSA) is 75.6 Å². The van der Waals surface area contributed by atoms with E-state index in [0.717, 1.165) is 6.42 Å². The Morgan fingerprint density at radius 3 is 2.55 bits per heavy atom. The predicted molar refractivity (Wildman–Crippen MR) is 75.6 cm³/mol. The number of carboxylic acids is 1. The highest BCUT2D eigenvalue weighted by molar-refractivity contribution is 6.38. The molecule has 1 fully saturated rings. The summed E-state index contributed by atoms with van der Waals surface area (Å²) in [6.45, 7) is 2.16. The van der Waals surface area contributed by atoms with Crippen LogP contribution in [0.25, 0.3) is 0 Å². The lowest BCUT2D eigenvalue weighted by Crippen LogP contribution is -2.39. The number of benzene rings is 1. The second-order valence-corrected chi connectivity index (χ2v) is 5.54. The van der Waals surface area contributed by atoms with Gasteiger partial charge in [0.1, 0.15) is 11.2 Å². The van der Waals surface area contributed by atoms with Crippen LogP contribution >= 0.6 is 23.2 Å². The predicted octanol–water partition coefficient (Wildman–Crippen LogP) is 3.20. The van der Waals surface area contributed by atoms with Crippen molar-refractivity contribution in [2.75, 3.05) is 11.9 Å². The SMILES string of the molecule is CC1(C(=O)Nc2c(Cl)ccc(Cl)c2C(=O)O)CCCO1. The number of rotatable bonds is 3. The second-order valence-electron chi connectivity index (χ2n) is 4.72. The van der Waals surface area contributed by atoms with Crippen LogP contribution in [0.4, 0.5) is 5.69 Å². The first-order valence-corrected chi connectivity index (χ1v) is 6.77. The number of amides is 1. The van der Waals surface area contributed by atoms with Gasteiger partial charge in [0.15, 0.2) is 0 Å². The highest BCUT2D eigenvalue weighted by Gasteiger charge is 2.38. The van der Waals surface area contributed by atoms with Gasteiger partial charge in [-0.05, 0) is 31.9 Å². The zero-order valence-electron chi connectivity index (χ0n) is 10.7. The van der Waals surface area contributed by atoms with Crippen molar-refractivity contribution in [1.82, 2.24) is 0 Å². The van der Waals surface area contributed by atoms with E-state index in [1.54, 1.807) is 6.92 Å². The molecular weight excluding hydrogens is 305 g/mol. The molecule has 1 atom stereocenters. The Morgan fingerprint density at radius 2 is 2.00 bits per heavy atom. The molecule has 0 saturated carbocycles. The normalized spacial score (nSPS) is 21.8. The number of carbonyl (C=O) groups is 2. The molecular formula is C13H13Cl2NO4. The van der Waals surface area contributed by atoms with Gasteiger partial charge >= 0.3 is 5.97 Å². The van der Waals surface area contributed by atoms with Crippen LogP contribution < -0.4 is 5.32 Å². The van der Waals surface area contributed by atoms with Crippen LogP contribution in [0.1, 0.15) is 30.1 Å². The van der Waals surface area contributed by atoms with Crippen LogP contribution in [0, 0.1) is 0 Å². The molecule has 0 spiro atoms. The van der Waals surface area contributed by atoms with E-state index in [0.29, 0.717) is 13.0 Å². The van der Waals surface area contributed by atoms with Crippen LogP contribution in [0.15, 0.2) is 12.1 Å². The molecule has 1 amide bonds. The molecule has 1 unspecified atom stereocenters. The number of anilines is 1. The van der Waals surface area contributed by atoms with Gasteiger partial charge in [-0.25, -0.2) is 4.79 Å². The number of ether oxygens (including phenoxy) is 1. The Hall–Kier alpha value is -1.30. The van der Waals surface area contributed by atoms with E-state index in [9.17, 15) is 14.7 Å². The molecule has 1 aliphatic rings. The maximum Gasteiger partial charge on any atom is 0.339 e. The van der Waals surface area contributed by atoms with Crippen molar-refractivity contribution in [3.8, 4) is 0 Å². The fourth-order valence-corrected chi connectivity index (χ4v) is 2.53. The monoisotopic (exact) mass is 317 g/mol. The smallest absolute Gasteiger partial charge is 0.339 e. The maximum atomic E-state index is 12.2. The van der Waals surface area contributed by atoms with Crippen LogP contribution in [-0.4, -0.2) is 29.2 Å². The largest absolute Gasteiger partial charge is 0.478 e. The number of nitrogens with one attached hydrogen (secondary N) is 1. The molecule has 2 rings (SSSR count). The van der Waals surface area contributed by atoms with Crippen molar-refractivity contribution < 1.29 is 19.4 Å². The minimum absolute atomic E-state index is 0.00612. The van der Waals surface area contributed by atoms with Gasteiger partial charge < -0.3 is 15.2 Å². The first-order chi connectivity index (χ1) is 9.35. The summed E-state index contributed by atoms with van der Waals surface area (Å²) in [6.07, 6.45) is 1.35. The Kier molecular flexibility index (Phi) is 4.22. The number of aromatic carboxylic acids is 1. The van der Waals surface area contributed by atoms with E-state index in [-0.39, 0.29) is 21.3 Å². The van der Waals surface area contributed by atoms with E-state index in [1.807, 2.05) is 0 Å². The van der Waals surface area contributed by atoms with Crippen molar-refractivity contribution in [1.29, 1.82) is 0 Å². The van der Waals surface area contributed by atoms with Crippen molar-refractivity contribution >= 4 is 40.8 Å². The molecule has 1 aliphatic heterocycles. The first kappa shape index (κ1) is 15.1. The van der Waals surface area contributed by atoms with E-state index in [1.165, 1.54) is 12.1 Å². The van der Waals surface area contributed by atoms with Crippen molar-refractivity contribution in [3.63, 3.8) is 0 Å². The number of hydrogen-bond acceptors (Lipinski definition) is 3. The van der Waals surface area contributed by atoms with Crippen LogP contribution in [0.3, 0.4) is 0 Å². The van der Waals surface area contributed by atoms with Gasteiger partial charge in [0.2, 0.25) is 0 Å². The average Bonchev–Trinajstić information content (AvgIpc) is 2.81. The summed E-state index contributed by atoms with van der Waals surface area (Å²) in [5.74, 6) is -1.69. The second kappa shape index (κ2) is 5.60. The van der Waals surface area contributed by atoms with Gasteiger partial charge in [-0.3, -0.25) is 4.79 Å². The molecule has 0 aliphatic carbocycles. The molecule has 108 valence electrons. The van der Waals surface area contributed by atoms with E-state index in [2.05, 4.69) is 5.32 Å². The Bertz CT molecular complexity index is 568. The first-order valence-electron chi connectivity index (χ1n) is 6.02. The summed E-state index contributed by atoms with van der Waals surface area (Å²) in [5, 5.41) is 11.8. The Labute approximate surface area is 125 Å². The minimum atomic E-state index is -1.26. The van der Waals surface area contributed by atoms with Crippen molar-refractivity contribution in [2.24, 2.45) is 0 Å². The number of halogens is 2. The van der Waals surface area contributed by atoms with Gasteiger partial charge in [0.05, 0.1) is 15.7 Å². The third kappa shape index (κ3) is 2.75. The van der Waals surface area contributed by atoms with Gasteiger partial charge in [-0.2, -0.15) is 0 Å². The Morgan fingerprint density at radius 1 is 1.35 bits per heavy atom. The van der Waals surface area contributed by atoms with Gasteiger partial charge in [-0.1, -0.05) is 23.2 Å². The molecule has 1 heterocycles. The fourth-order valence-electron chi connectivity index (χ4n) is 2.09. The summed E-state index contributed by atoms with van der Waals surface area (Å²) in [7, 11) is 0. The maximum absolute atomic E-state index is 12.2. The molecule has 1 aromatic rings. The zero-order chi connectivity index (χ0) is 14.9. The molecule has 1 aromatic carbocycles. The molecule has 7 heteroatoms. The van der Waals surface area contributed by atoms with Gasteiger partial charge in [0.25, 0.3) is 5.91 Å². The number of carboxylic acid groups (broad SMARTS) is 1. The zero-order valence-corrected chi connectivity index (χ0v) is 12.2. The molecule has 1 saturated heterocycles. The van der Waals surface area contributed by atoms with Gasteiger partial charge in [0, 0.05) is 6.61 Å².